The van der Waals surface area contributed by atoms with Crippen LogP contribution >= 0.6 is 11.8 Å². The average Bonchev–Trinajstić information content (AvgIpc) is 2.37. The molecule has 0 unspecified atom stereocenters. The Morgan fingerprint density at radius 1 is 1.89 bits per heavy atom. The first-order valence-corrected chi connectivity index (χ1v) is 3.75. The SMILES string of the molecule is CC(=NN)C1=NCCS1. The summed E-state index contributed by atoms with van der Waals surface area (Å²) in [6, 6.07) is 0. The summed E-state index contributed by atoms with van der Waals surface area (Å²) in [5.41, 5.74) is 0.845. The van der Waals surface area contributed by atoms with Crippen molar-refractivity contribution in [2.45, 2.75) is 6.92 Å². The molecule has 0 aromatic heterocycles. The van der Waals surface area contributed by atoms with Crippen LogP contribution in [0.3, 0.4) is 0 Å². The minimum absolute atomic E-state index is 0.845. The predicted molar refractivity (Wildman–Crippen MR) is 42.1 cm³/mol. The second-order valence-electron chi connectivity index (χ2n) is 1.75. The topological polar surface area (TPSA) is 50.7 Å². The summed E-state index contributed by atoms with van der Waals surface area (Å²) < 4.78 is 0. The van der Waals surface area contributed by atoms with E-state index >= 15 is 0 Å². The second kappa shape index (κ2) is 2.87. The predicted octanol–water partition coefficient (Wildman–Crippen LogP) is 0.466. The summed E-state index contributed by atoms with van der Waals surface area (Å²) in [4.78, 5) is 4.18. The van der Waals surface area contributed by atoms with E-state index in [-0.39, 0.29) is 0 Å². The highest BCUT2D eigenvalue weighted by Gasteiger charge is 2.08. The molecular formula is C5H9N3S. The maximum Gasteiger partial charge on any atom is 0.113 e. The Kier molecular flexibility index (Phi) is 2.10. The van der Waals surface area contributed by atoms with Crippen LogP contribution in [0.2, 0.25) is 0 Å². The number of nitrogens with zero attached hydrogens (tertiary/aromatic N) is 2. The molecule has 9 heavy (non-hydrogen) atoms. The lowest BCUT2D eigenvalue weighted by atomic mass is 10.5. The van der Waals surface area contributed by atoms with Gasteiger partial charge in [-0.05, 0) is 6.92 Å². The van der Waals surface area contributed by atoms with Gasteiger partial charge in [-0.3, -0.25) is 4.99 Å². The largest absolute Gasteiger partial charge is 0.323 e. The zero-order valence-electron chi connectivity index (χ0n) is 5.29. The average molecular weight is 143 g/mol. The lowest BCUT2D eigenvalue weighted by molar-refractivity contribution is 1.17. The lowest BCUT2D eigenvalue weighted by Crippen LogP contribution is -2.05. The van der Waals surface area contributed by atoms with Crippen molar-refractivity contribution in [1.82, 2.24) is 0 Å². The molecule has 0 saturated carbocycles. The van der Waals surface area contributed by atoms with E-state index in [9.17, 15) is 0 Å². The summed E-state index contributed by atoms with van der Waals surface area (Å²) in [6.07, 6.45) is 0. The van der Waals surface area contributed by atoms with Crippen molar-refractivity contribution < 1.29 is 0 Å². The van der Waals surface area contributed by atoms with Gasteiger partial charge in [0.1, 0.15) is 5.04 Å². The van der Waals surface area contributed by atoms with Crippen LogP contribution in [0.15, 0.2) is 10.1 Å². The molecule has 0 amide bonds. The van der Waals surface area contributed by atoms with Crippen molar-refractivity contribution >= 4 is 22.5 Å². The van der Waals surface area contributed by atoms with Crippen LogP contribution in [0.25, 0.3) is 0 Å². The van der Waals surface area contributed by atoms with Gasteiger partial charge in [-0.25, -0.2) is 0 Å². The quantitative estimate of drug-likeness (QED) is 0.329. The Labute approximate surface area is 58.4 Å². The number of hydrazone groups is 1. The van der Waals surface area contributed by atoms with E-state index in [0.717, 1.165) is 23.1 Å². The molecular weight excluding hydrogens is 134 g/mol. The van der Waals surface area contributed by atoms with E-state index in [0.29, 0.717) is 0 Å². The van der Waals surface area contributed by atoms with Gasteiger partial charge in [-0.2, -0.15) is 5.10 Å². The van der Waals surface area contributed by atoms with Gasteiger partial charge >= 0.3 is 0 Å². The Balaban J connectivity index is 2.61. The zero-order valence-corrected chi connectivity index (χ0v) is 6.11. The fraction of sp³-hybridized carbons (Fsp3) is 0.600. The Hall–Kier alpha value is -0.510. The zero-order chi connectivity index (χ0) is 6.69. The monoisotopic (exact) mass is 143 g/mol. The Morgan fingerprint density at radius 3 is 3.11 bits per heavy atom. The molecule has 1 aliphatic rings. The maximum atomic E-state index is 5.05. The molecule has 0 radical (unpaired) electrons. The molecule has 3 nitrogen and oxygen atoms in total. The van der Waals surface area contributed by atoms with Gasteiger partial charge < -0.3 is 5.84 Å². The van der Waals surface area contributed by atoms with Crippen molar-refractivity contribution in [1.29, 1.82) is 0 Å². The molecule has 0 aromatic carbocycles. The van der Waals surface area contributed by atoms with Crippen LogP contribution in [0.4, 0.5) is 0 Å². The Morgan fingerprint density at radius 2 is 2.67 bits per heavy atom. The first kappa shape index (κ1) is 6.61. The van der Waals surface area contributed by atoms with Gasteiger partial charge in [0, 0.05) is 12.3 Å². The number of hydrogen-bond acceptors (Lipinski definition) is 4. The van der Waals surface area contributed by atoms with Crippen LogP contribution < -0.4 is 5.84 Å². The number of thioether (sulfide) groups is 1. The number of aliphatic imine (C=N–C) groups is 1. The summed E-state index contributed by atoms with van der Waals surface area (Å²) in [5, 5.41) is 4.53. The lowest BCUT2D eigenvalue weighted by Gasteiger charge is -1.92. The van der Waals surface area contributed by atoms with Crippen LogP contribution in [-0.2, 0) is 0 Å². The van der Waals surface area contributed by atoms with Crippen LogP contribution in [0.5, 0.6) is 0 Å². The van der Waals surface area contributed by atoms with Crippen molar-refractivity contribution in [2.24, 2.45) is 15.9 Å². The van der Waals surface area contributed by atoms with Gasteiger partial charge in [0.25, 0.3) is 0 Å². The fourth-order valence-corrected chi connectivity index (χ4v) is 1.43. The minimum atomic E-state index is 0.845. The van der Waals surface area contributed by atoms with E-state index in [2.05, 4.69) is 10.1 Å². The molecule has 50 valence electrons. The molecule has 0 bridgehead atoms. The minimum Gasteiger partial charge on any atom is -0.323 e. The fourth-order valence-electron chi connectivity index (χ4n) is 0.609. The van der Waals surface area contributed by atoms with Gasteiger partial charge in [0.2, 0.25) is 0 Å². The van der Waals surface area contributed by atoms with E-state index in [1.807, 2.05) is 6.92 Å². The van der Waals surface area contributed by atoms with Crippen molar-refractivity contribution in [3.63, 3.8) is 0 Å². The standard InChI is InChI=1S/C5H9N3S/c1-4(8-6)5-7-2-3-9-5/h2-3,6H2,1H3. The highest BCUT2D eigenvalue weighted by Crippen LogP contribution is 2.11. The Bertz CT molecular complexity index is 162. The van der Waals surface area contributed by atoms with Crippen LogP contribution in [-0.4, -0.2) is 23.1 Å². The number of hydrogen-bond donors (Lipinski definition) is 1. The number of nitrogens with two attached hydrogens (primary N) is 1. The summed E-state index contributed by atoms with van der Waals surface area (Å²) in [5.74, 6) is 6.12. The highest BCUT2D eigenvalue weighted by molar-refractivity contribution is 8.16. The molecule has 1 heterocycles. The molecule has 0 fully saturated rings. The van der Waals surface area contributed by atoms with E-state index in [1.54, 1.807) is 11.8 Å². The van der Waals surface area contributed by atoms with Crippen LogP contribution in [0, 0.1) is 0 Å². The van der Waals surface area contributed by atoms with Gasteiger partial charge in [-0.1, -0.05) is 0 Å². The smallest absolute Gasteiger partial charge is 0.113 e. The van der Waals surface area contributed by atoms with E-state index in [4.69, 9.17) is 5.84 Å². The third kappa shape index (κ3) is 1.45. The maximum absolute atomic E-state index is 5.05. The summed E-state index contributed by atoms with van der Waals surface area (Å²) >= 11 is 1.71. The molecule has 1 rings (SSSR count). The third-order valence-corrected chi connectivity index (χ3v) is 2.17. The molecule has 0 spiro atoms. The molecule has 0 atom stereocenters. The number of rotatable bonds is 1. The molecule has 0 aliphatic carbocycles. The van der Waals surface area contributed by atoms with Crippen molar-refractivity contribution in [3.8, 4) is 0 Å². The van der Waals surface area contributed by atoms with Crippen molar-refractivity contribution in [3.05, 3.63) is 0 Å². The van der Waals surface area contributed by atoms with E-state index < -0.39 is 0 Å². The molecule has 4 heteroatoms. The third-order valence-electron chi connectivity index (χ3n) is 1.09. The van der Waals surface area contributed by atoms with Gasteiger partial charge in [0.15, 0.2) is 0 Å². The molecule has 2 N–H and O–H groups in total. The molecule has 0 saturated heterocycles. The second-order valence-corrected chi connectivity index (χ2v) is 2.83. The van der Waals surface area contributed by atoms with Crippen molar-refractivity contribution in [2.75, 3.05) is 12.3 Å². The normalized spacial score (nSPS) is 20.1. The first-order valence-electron chi connectivity index (χ1n) is 2.76. The van der Waals surface area contributed by atoms with E-state index in [1.165, 1.54) is 0 Å². The summed E-state index contributed by atoms with van der Waals surface area (Å²) in [7, 11) is 0. The van der Waals surface area contributed by atoms with Crippen LogP contribution in [0.1, 0.15) is 6.92 Å². The van der Waals surface area contributed by atoms with Gasteiger partial charge in [-0.15, -0.1) is 11.8 Å². The first-order chi connectivity index (χ1) is 4.34. The molecule has 1 aliphatic heterocycles. The van der Waals surface area contributed by atoms with Gasteiger partial charge in [0.05, 0.1) is 5.71 Å². The summed E-state index contributed by atoms with van der Waals surface area (Å²) in [6.45, 7) is 2.78. The highest BCUT2D eigenvalue weighted by atomic mass is 32.2. The molecule has 0 aromatic rings.